The summed E-state index contributed by atoms with van der Waals surface area (Å²) in [4.78, 5) is 30.2. The molecule has 4 rings (SSSR count). The number of benzene rings is 2. The van der Waals surface area contributed by atoms with Crippen LogP contribution in [0.25, 0.3) is 0 Å². The summed E-state index contributed by atoms with van der Waals surface area (Å²) in [6.45, 7) is 1.20. The molecular formula is C23H24N4O2S. The van der Waals surface area contributed by atoms with Crippen molar-refractivity contribution in [2.75, 3.05) is 24.2 Å². The summed E-state index contributed by atoms with van der Waals surface area (Å²) in [7, 11) is 3.64. The number of hydrogen-bond donors (Lipinski definition) is 0. The van der Waals surface area contributed by atoms with E-state index in [1.54, 1.807) is 22.8 Å². The molecule has 7 heteroatoms. The normalized spacial score (nSPS) is 12.7. The molecule has 3 aromatic rings. The fraction of sp³-hybridized carbons (Fsp3) is 0.261. The molecule has 1 aromatic heterocycles. The van der Waals surface area contributed by atoms with E-state index in [-0.39, 0.29) is 11.8 Å². The largest absolute Gasteiger partial charge is 0.337 e. The zero-order valence-electron chi connectivity index (χ0n) is 17.1. The third-order valence-electron chi connectivity index (χ3n) is 5.18. The first kappa shape index (κ1) is 20.2. The number of thioether (sulfide) groups is 1. The number of carbonyl (C=O) groups excluding carboxylic acids is 2. The van der Waals surface area contributed by atoms with Crippen LogP contribution in [-0.2, 0) is 24.8 Å². The maximum atomic E-state index is 13.0. The molecule has 0 fully saturated rings. The molecule has 0 bridgehead atoms. The first-order valence-corrected chi connectivity index (χ1v) is 10.8. The summed E-state index contributed by atoms with van der Waals surface area (Å²) in [6.07, 6.45) is 4.55. The molecule has 1 aliphatic heterocycles. The van der Waals surface area contributed by atoms with Crippen molar-refractivity contribution < 1.29 is 9.59 Å². The van der Waals surface area contributed by atoms with Gasteiger partial charge in [-0.15, -0.1) is 11.8 Å². The van der Waals surface area contributed by atoms with Gasteiger partial charge in [0.2, 0.25) is 5.91 Å². The summed E-state index contributed by atoms with van der Waals surface area (Å²) < 4.78 is 1.72. The van der Waals surface area contributed by atoms with Crippen molar-refractivity contribution in [1.29, 1.82) is 0 Å². The Hall–Kier alpha value is -3.06. The Bertz CT molecular complexity index is 1080. The summed E-state index contributed by atoms with van der Waals surface area (Å²) in [5.41, 5.74) is 3.80. The van der Waals surface area contributed by atoms with Crippen LogP contribution in [0, 0.1) is 0 Å². The van der Waals surface area contributed by atoms with Crippen LogP contribution in [0.15, 0.2) is 65.8 Å². The summed E-state index contributed by atoms with van der Waals surface area (Å²) in [5, 5.41) is 4.15. The minimum atomic E-state index is -0.0686. The number of nitrogens with zero attached hydrogens (tertiary/aromatic N) is 4. The monoisotopic (exact) mass is 420 g/mol. The lowest BCUT2D eigenvalue weighted by Crippen LogP contribution is -2.30. The summed E-state index contributed by atoms with van der Waals surface area (Å²) in [5.74, 6) is 0.294. The van der Waals surface area contributed by atoms with Crippen molar-refractivity contribution in [2.45, 2.75) is 17.9 Å². The van der Waals surface area contributed by atoms with Gasteiger partial charge in [0, 0.05) is 49.5 Å². The lowest BCUT2D eigenvalue weighted by Gasteiger charge is -2.19. The second-order valence-corrected chi connectivity index (χ2v) is 8.41. The van der Waals surface area contributed by atoms with E-state index in [4.69, 9.17) is 0 Å². The average molecular weight is 421 g/mol. The summed E-state index contributed by atoms with van der Waals surface area (Å²) in [6, 6.07) is 15.5. The van der Waals surface area contributed by atoms with Crippen LogP contribution in [0.2, 0.25) is 0 Å². The number of aryl methyl sites for hydroxylation is 1. The SMILES string of the molecule is CN(Cc1cnn(C)c1)C(=O)c1ccccc1SCC(=O)N1CCc2ccccc21. The van der Waals surface area contributed by atoms with Crippen LogP contribution in [0.1, 0.15) is 21.5 Å². The van der Waals surface area contributed by atoms with Crippen LogP contribution in [0.5, 0.6) is 0 Å². The van der Waals surface area contributed by atoms with Gasteiger partial charge in [-0.3, -0.25) is 14.3 Å². The number of amides is 2. The fourth-order valence-corrected chi connectivity index (χ4v) is 4.61. The predicted octanol–water partition coefficient (Wildman–Crippen LogP) is 3.37. The molecule has 1 aliphatic rings. The molecule has 0 saturated carbocycles. The number of rotatable bonds is 6. The molecule has 0 N–H and O–H groups in total. The minimum Gasteiger partial charge on any atom is -0.337 e. The third-order valence-corrected chi connectivity index (χ3v) is 6.24. The highest BCUT2D eigenvalue weighted by atomic mass is 32.2. The van der Waals surface area contributed by atoms with E-state index in [9.17, 15) is 9.59 Å². The van der Waals surface area contributed by atoms with Crippen molar-refractivity contribution in [3.63, 3.8) is 0 Å². The molecule has 0 aliphatic carbocycles. The molecule has 0 radical (unpaired) electrons. The second-order valence-electron chi connectivity index (χ2n) is 7.39. The van der Waals surface area contributed by atoms with E-state index in [0.717, 1.165) is 22.6 Å². The van der Waals surface area contributed by atoms with E-state index >= 15 is 0 Å². The van der Waals surface area contributed by atoms with Crippen molar-refractivity contribution >= 4 is 29.3 Å². The second kappa shape index (κ2) is 8.75. The number of hydrogen-bond acceptors (Lipinski definition) is 4. The van der Waals surface area contributed by atoms with Gasteiger partial charge in [0.15, 0.2) is 0 Å². The standard InChI is InChI=1S/C23H24N4O2S/c1-25(14-17-13-24-26(2)15-17)23(29)19-8-4-6-10-21(19)30-16-22(28)27-12-11-18-7-3-5-9-20(18)27/h3-10,13,15H,11-12,14,16H2,1-2H3. The number of fused-ring (bicyclic) bond motifs is 1. The first-order chi connectivity index (χ1) is 14.5. The van der Waals surface area contributed by atoms with Crippen LogP contribution in [0.4, 0.5) is 5.69 Å². The van der Waals surface area contributed by atoms with Crippen LogP contribution >= 0.6 is 11.8 Å². The van der Waals surface area contributed by atoms with Gasteiger partial charge in [-0.05, 0) is 30.2 Å². The van der Waals surface area contributed by atoms with E-state index in [0.29, 0.717) is 24.4 Å². The molecular weight excluding hydrogens is 396 g/mol. The van der Waals surface area contributed by atoms with Gasteiger partial charge in [0.1, 0.15) is 0 Å². The first-order valence-electron chi connectivity index (χ1n) is 9.86. The molecule has 2 amide bonds. The van der Waals surface area contributed by atoms with Gasteiger partial charge in [-0.25, -0.2) is 0 Å². The van der Waals surface area contributed by atoms with Gasteiger partial charge in [0.05, 0.1) is 17.5 Å². The number of carbonyl (C=O) groups is 2. The van der Waals surface area contributed by atoms with Gasteiger partial charge in [0.25, 0.3) is 5.91 Å². The van der Waals surface area contributed by atoms with Crippen molar-refractivity contribution in [3.05, 3.63) is 77.6 Å². The van der Waals surface area contributed by atoms with Crippen LogP contribution < -0.4 is 4.90 Å². The number of aromatic nitrogens is 2. The highest BCUT2D eigenvalue weighted by Crippen LogP contribution is 2.30. The molecule has 154 valence electrons. The molecule has 2 heterocycles. The van der Waals surface area contributed by atoms with Gasteiger partial charge >= 0.3 is 0 Å². The Balaban J connectivity index is 1.43. The van der Waals surface area contributed by atoms with Crippen molar-refractivity contribution in [2.24, 2.45) is 7.05 Å². The Labute approximate surface area is 180 Å². The molecule has 0 spiro atoms. The molecule has 6 nitrogen and oxygen atoms in total. The van der Waals surface area contributed by atoms with Crippen molar-refractivity contribution in [3.8, 4) is 0 Å². The predicted molar refractivity (Wildman–Crippen MR) is 119 cm³/mol. The Morgan fingerprint density at radius 3 is 2.70 bits per heavy atom. The molecule has 0 unspecified atom stereocenters. The summed E-state index contributed by atoms with van der Waals surface area (Å²) >= 11 is 1.42. The lowest BCUT2D eigenvalue weighted by atomic mass is 10.2. The number of anilines is 1. The average Bonchev–Trinajstić information content (AvgIpc) is 3.37. The molecule has 2 aromatic carbocycles. The van der Waals surface area contributed by atoms with Crippen molar-refractivity contribution in [1.82, 2.24) is 14.7 Å². The fourth-order valence-electron chi connectivity index (χ4n) is 3.69. The highest BCUT2D eigenvalue weighted by molar-refractivity contribution is 8.00. The topological polar surface area (TPSA) is 58.4 Å². The maximum absolute atomic E-state index is 13.0. The van der Waals surface area contributed by atoms with E-state index in [1.807, 2.05) is 60.6 Å². The van der Waals surface area contributed by atoms with E-state index < -0.39 is 0 Å². The molecule has 30 heavy (non-hydrogen) atoms. The van der Waals surface area contributed by atoms with Gasteiger partial charge in [-0.2, -0.15) is 5.10 Å². The minimum absolute atomic E-state index is 0.0657. The Morgan fingerprint density at radius 1 is 1.13 bits per heavy atom. The molecule has 0 saturated heterocycles. The Morgan fingerprint density at radius 2 is 1.90 bits per heavy atom. The number of para-hydroxylation sites is 1. The van der Waals surface area contributed by atoms with E-state index in [1.165, 1.54) is 17.3 Å². The third kappa shape index (κ3) is 4.26. The smallest absolute Gasteiger partial charge is 0.255 e. The molecule has 0 atom stereocenters. The Kier molecular flexibility index (Phi) is 5.90. The van der Waals surface area contributed by atoms with Gasteiger partial charge < -0.3 is 9.80 Å². The quantitative estimate of drug-likeness (QED) is 0.574. The highest BCUT2D eigenvalue weighted by Gasteiger charge is 2.24. The van der Waals surface area contributed by atoms with Crippen LogP contribution in [-0.4, -0.2) is 45.8 Å². The lowest BCUT2D eigenvalue weighted by molar-refractivity contribution is -0.116. The van der Waals surface area contributed by atoms with Gasteiger partial charge in [-0.1, -0.05) is 30.3 Å². The zero-order chi connectivity index (χ0) is 21.1. The maximum Gasteiger partial charge on any atom is 0.255 e. The van der Waals surface area contributed by atoms with E-state index in [2.05, 4.69) is 11.2 Å². The van der Waals surface area contributed by atoms with Crippen LogP contribution in [0.3, 0.4) is 0 Å². The zero-order valence-corrected chi connectivity index (χ0v) is 17.9.